The zero-order valence-corrected chi connectivity index (χ0v) is 17.1. The van der Waals surface area contributed by atoms with Gasteiger partial charge in [-0.25, -0.2) is 4.98 Å². The molecule has 1 N–H and O–H groups in total. The van der Waals surface area contributed by atoms with Gasteiger partial charge in [0.05, 0.1) is 18.1 Å². The van der Waals surface area contributed by atoms with Crippen LogP contribution in [0, 0.1) is 10.1 Å². The standard InChI is InChI=1S/C21H31N3O4/c1-4-6-8-9-10-18(22-15-7-5-2)20-23-19(21(27-3)28-20)16-11-13-17(14-12-16)24(25)26/h11-14,18,22H,4-10,15H2,1-3H3. The van der Waals surface area contributed by atoms with Crippen LogP contribution in [0.2, 0.25) is 0 Å². The maximum absolute atomic E-state index is 10.9. The first kappa shape index (κ1) is 21.9. The smallest absolute Gasteiger partial charge is 0.313 e. The van der Waals surface area contributed by atoms with E-state index in [0.717, 1.165) is 37.8 Å². The van der Waals surface area contributed by atoms with Crippen molar-refractivity contribution >= 4 is 5.69 Å². The van der Waals surface area contributed by atoms with Gasteiger partial charge in [-0.2, -0.15) is 0 Å². The van der Waals surface area contributed by atoms with E-state index in [4.69, 9.17) is 9.15 Å². The Morgan fingerprint density at radius 2 is 1.86 bits per heavy atom. The van der Waals surface area contributed by atoms with E-state index < -0.39 is 4.92 Å². The monoisotopic (exact) mass is 389 g/mol. The Hall–Kier alpha value is -2.41. The summed E-state index contributed by atoms with van der Waals surface area (Å²) < 4.78 is 11.3. The first-order valence-electron chi connectivity index (χ1n) is 10.1. The zero-order valence-electron chi connectivity index (χ0n) is 17.1. The number of nitrogens with one attached hydrogen (secondary N) is 1. The van der Waals surface area contributed by atoms with Crippen molar-refractivity contribution in [3.8, 4) is 17.2 Å². The van der Waals surface area contributed by atoms with Crippen molar-refractivity contribution < 1.29 is 14.1 Å². The van der Waals surface area contributed by atoms with Gasteiger partial charge in [-0.15, -0.1) is 0 Å². The highest BCUT2D eigenvalue weighted by Gasteiger charge is 2.22. The molecule has 1 atom stereocenters. The molecule has 0 bridgehead atoms. The van der Waals surface area contributed by atoms with Gasteiger partial charge < -0.3 is 14.5 Å². The quantitative estimate of drug-likeness (QED) is 0.270. The molecule has 0 aliphatic carbocycles. The van der Waals surface area contributed by atoms with Crippen LogP contribution in [0.1, 0.15) is 70.7 Å². The van der Waals surface area contributed by atoms with E-state index in [-0.39, 0.29) is 11.7 Å². The van der Waals surface area contributed by atoms with Gasteiger partial charge in [0.1, 0.15) is 0 Å². The van der Waals surface area contributed by atoms with E-state index in [1.807, 2.05) is 0 Å². The van der Waals surface area contributed by atoms with Crippen molar-refractivity contribution in [3.63, 3.8) is 0 Å². The Bertz CT molecular complexity index is 728. The van der Waals surface area contributed by atoms with Crippen molar-refractivity contribution in [3.05, 3.63) is 40.3 Å². The summed E-state index contributed by atoms with van der Waals surface area (Å²) in [4.78, 5) is 15.1. The fraction of sp³-hybridized carbons (Fsp3) is 0.571. The topological polar surface area (TPSA) is 90.4 Å². The average Bonchev–Trinajstić information content (AvgIpc) is 3.14. The lowest BCUT2D eigenvalue weighted by Crippen LogP contribution is -2.22. The summed E-state index contributed by atoms with van der Waals surface area (Å²) in [5, 5.41) is 14.4. The van der Waals surface area contributed by atoms with Crippen LogP contribution in [0.5, 0.6) is 5.95 Å². The summed E-state index contributed by atoms with van der Waals surface area (Å²) in [5.41, 5.74) is 1.35. The van der Waals surface area contributed by atoms with E-state index in [2.05, 4.69) is 24.1 Å². The fourth-order valence-electron chi connectivity index (χ4n) is 3.07. The normalized spacial score (nSPS) is 12.1. The molecule has 1 aromatic carbocycles. The third-order valence-corrected chi connectivity index (χ3v) is 4.72. The Morgan fingerprint density at radius 1 is 1.14 bits per heavy atom. The van der Waals surface area contributed by atoms with Crippen molar-refractivity contribution in [1.82, 2.24) is 10.3 Å². The lowest BCUT2D eigenvalue weighted by atomic mass is 10.1. The summed E-state index contributed by atoms with van der Waals surface area (Å²) in [5.74, 6) is 0.942. The molecule has 0 aliphatic heterocycles. The zero-order chi connectivity index (χ0) is 20.4. The largest absolute Gasteiger partial charge is 0.467 e. The number of hydrogen-bond acceptors (Lipinski definition) is 6. The molecule has 0 fully saturated rings. The minimum atomic E-state index is -0.417. The second-order valence-electron chi connectivity index (χ2n) is 6.91. The summed E-state index contributed by atoms with van der Waals surface area (Å²) in [7, 11) is 1.54. The minimum Gasteiger partial charge on any atom is -0.467 e. The molecule has 0 spiro atoms. The van der Waals surface area contributed by atoms with E-state index >= 15 is 0 Å². The molecule has 7 nitrogen and oxygen atoms in total. The lowest BCUT2D eigenvalue weighted by Gasteiger charge is -2.15. The molecule has 1 heterocycles. The Labute approximate surface area is 166 Å². The average molecular weight is 389 g/mol. The van der Waals surface area contributed by atoms with Crippen molar-refractivity contribution in [1.29, 1.82) is 0 Å². The molecule has 28 heavy (non-hydrogen) atoms. The lowest BCUT2D eigenvalue weighted by molar-refractivity contribution is -0.384. The molecule has 1 unspecified atom stereocenters. The molecule has 0 saturated carbocycles. The molecule has 2 aromatic rings. The number of nitrogens with zero attached hydrogens (tertiary/aromatic N) is 2. The van der Waals surface area contributed by atoms with Crippen molar-refractivity contribution in [2.24, 2.45) is 0 Å². The third-order valence-electron chi connectivity index (χ3n) is 4.72. The van der Waals surface area contributed by atoms with Crippen LogP contribution in [0.3, 0.4) is 0 Å². The van der Waals surface area contributed by atoms with Crippen LogP contribution in [0.25, 0.3) is 11.3 Å². The summed E-state index contributed by atoms with van der Waals surface area (Å²) in [6, 6.07) is 6.30. The first-order chi connectivity index (χ1) is 13.6. The number of oxazole rings is 1. The molecular formula is C21H31N3O4. The van der Waals surface area contributed by atoms with E-state index in [0.29, 0.717) is 17.5 Å². The van der Waals surface area contributed by atoms with Crippen molar-refractivity contribution in [2.75, 3.05) is 13.7 Å². The number of ether oxygens (including phenoxy) is 1. The van der Waals surface area contributed by atoms with Gasteiger partial charge in [-0.1, -0.05) is 46.0 Å². The number of benzene rings is 1. The van der Waals surface area contributed by atoms with Gasteiger partial charge in [0.2, 0.25) is 5.89 Å². The predicted octanol–water partition coefficient (Wildman–Crippen LogP) is 5.66. The van der Waals surface area contributed by atoms with Gasteiger partial charge in [-0.05, 0) is 31.5 Å². The number of rotatable bonds is 13. The summed E-state index contributed by atoms with van der Waals surface area (Å²) >= 11 is 0. The number of hydrogen-bond donors (Lipinski definition) is 1. The number of nitro benzene ring substituents is 1. The van der Waals surface area contributed by atoms with Crippen LogP contribution in [0.4, 0.5) is 5.69 Å². The number of aromatic nitrogens is 1. The van der Waals surface area contributed by atoms with Gasteiger partial charge in [-0.3, -0.25) is 10.1 Å². The first-order valence-corrected chi connectivity index (χ1v) is 10.1. The van der Waals surface area contributed by atoms with Crippen LogP contribution < -0.4 is 10.1 Å². The molecule has 154 valence electrons. The molecule has 0 aliphatic rings. The maximum Gasteiger partial charge on any atom is 0.313 e. The number of methoxy groups -OCH3 is 1. The Balaban J connectivity index is 2.22. The number of unbranched alkanes of at least 4 members (excludes halogenated alkanes) is 4. The third kappa shape index (κ3) is 6.05. The molecule has 1 aromatic heterocycles. The number of non-ortho nitro benzene ring substituents is 1. The van der Waals surface area contributed by atoms with Gasteiger partial charge in [0.15, 0.2) is 5.69 Å². The van der Waals surface area contributed by atoms with Crippen LogP contribution >= 0.6 is 0 Å². The van der Waals surface area contributed by atoms with Crippen LogP contribution in [-0.4, -0.2) is 23.6 Å². The molecular weight excluding hydrogens is 358 g/mol. The highest BCUT2D eigenvalue weighted by atomic mass is 16.6. The Kier molecular flexibility index (Phi) is 8.94. The Morgan fingerprint density at radius 3 is 2.46 bits per heavy atom. The summed E-state index contributed by atoms with van der Waals surface area (Å²) in [6.07, 6.45) is 7.89. The minimum absolute atomic E-state index is 0.0316. The van der Waals surface area contributed by atoms with Gasteiger partial charge >= 0.3 is 5.95 Å². The van der Waals surface area contributed by atoms with Gasteiger partial charge in [0, 0.05) is 17.7 Å². The molecule has 0 saturated heterocycles. The highest BCUT2D eigenvalue weighted by molar-refractivity contribution is 5.65. The maximum atomic E-state index is 10.9. The molecule has 7 heteroatoms. The SMILES string of the molecule is CCCCCCC(NCCCC)c1nc(-c2ccc([N+](=O)[O-])cc2)c(OC)o1. The molecule has 0 amide bonds. The van der Waals surface area contributed by atoms with E-state index in [1.165, 1.54) is 31.4 Å². The predicted molar refractivity (Wildman–Crippen MR) is 110 cm³/mol. The van der Waals surface area contributed by atoms with Crippen LogP contribution in [-0.2, 0) is 0 Å². The fourth-order valence-corrected chi connectivity index (χ4v) is 3.07. The highest BCUT2D eigenvalue weighted by Crippen LogP contribution is 2.34. The van der Waals surface area contributed by atoms with Crippen molar-refractivity contribution in [2.45, 2.75) is 64.8 Å². The molecule has 2 rings (SSSR count). The second kappa shape index (κ2) is 11.4. The summed E-state index contributed by atoms with van der Waals surface area (Å²) in [6.45, 7) is 5.28. The molecule has 0 radical (unpaired) electrons. The van der Waals surface area contributed by atoms with Gasteiger partial charge in [0.25, 0.3) is 5.69 Å². The van der Waals surface area contributed by atoms with E-state index in [1.54, 1.807) is 19.2 Å². The second-order valence-corrected chi connectivity index (χ2v) is 6.91. The van der Waals surface area contributed by atoms with E-state index in [9.17, 15) is 10.1 Å². The number of nitro groups is 1. The van der Waals surface area contributed by atoms with Crippen LogP contribution in [0.15, 0.2) is 28.7 Å².